The van der Waals surface area contributed by atoms with Crippen LogP contribution in [0.15, 0.2) is 11.4 Å². The van der Waals surface area contributed by atoms with Crippen molar-refractivity contribution >= 4 is 17.3 Å². The lowest BCUT2D eigenvalue weighted by Crippen LogP contribution is -2.38. The van der Waals surface area contributed by atoms with Gasteiger partial charge in [-0.25, -0.2) is 0 Å². The van der Waals surface area contributed by atoms with E-state index in [1.165, 1.54) is 10.4 Å². The molecule has 0 radical (unpaired) electrons. The maximum Gasteiger partial charge on any atom is 0.323 e. The van der Waals surface area contributed by atoms with Crippen molar-refractivity contribution < 1.29 is 9.53 Å². The van der Waals surface area contributed by atoms with Crippen molar-refractivity contribution in [3.63, 3.8) is 0 Å². The van der Waals surface area contributed by atoms with Gasteiger partial charge in [0.25, 0.3) is 0 Å². The molecule has 1 unspecified atom stereocenters. The normalized spacial score (nSPS) is 13.5. The lowest BCUT2D eigenvalue weighted by Gasteiger charge is -2.22. The maximum absolute atomic E-state index is 11.7. The van der Waals surface area contributed by atoms with E-state index in [0.717, 1.165) is 0 Å². The van der Waals surface area contributed by atoms with E-state index in [1.807, 2.05) is 27.7 Å². The van der Waals surface area contributed by atoms with E-state index >= 15 is 0 Å². The summed E-state index contributed by atoms with van der Waals surface area (Å²) in [6.45, 7) is 10.2. The van der Waals surface area contributed by atoms with Crippen molar-refractivity contribution in [1.82, 2.24) is 5.32 Å². The Morgan fingerprint density at radius 1 is 1.53 bits per heavy atom. The SMILES string of the molecule is Cc1ccsc1CNC(C)C(=O)OC(C)(C)C. The molecular weight excluding hydrogens is 234 g/mol. The molecule has 96 valence electrons. The summed E-state index contributed by atoms with van der Waals surface area (Å²) in [4.78, 5) is 13.0. The van der Waals surface area contributed by atoms with Crippen LogP contribution in [-0.4, -0.2) is 17.6 Å². The maximum atomic E-state index is 11.7. The molecule has 1 rings (SSSR count). The quantitative estimate of drug-likeness (QED) is 0.841. The summed E-state index contributed by atoms with van der Waals surface area (Å²) < 4.78 is 5.30. The van der Waals surface area contributed by atoms with Crippen LogP contribution in [0.3, 0.4) is 0 Å². The van der Waals surface area contributed by atoms with Crippen LogP contribution in [0.4, 0.5) is 0 Å². The first-order chi connectivity index (χ1) is 7.79. The standard InChI is InChI=1S/C13H21NO2S/c1-9-6-7-17-11(9)8-14-10(2)12(15)16-13(3,4)5/h6-7,10,14H,8H2,1-5H3. The minimum atomic E-state index is -0.425. The third-order valence-corrected chi connectivity index (χ3v) is 3.32. The lowest BCUT2D eigenvalue weighted by molar-refractivity contribution is -0.157. The van der Waals surface area contributed by atoms with E-state index in [1.54, 1.807) is 11.3 Å². The molecule has 0 aliphatic rings. The molecule has 1 heterocycles. The Labute approximate surface area is 107 Å². The van der Waals surface area contributed by atoms with Gasteiger partial charge >= 0.3 is 5.97 Å². The summed E-state index contributed by atoms with van der Waals surface area (Å²) in [5, 5.41) is 5.24. The fraction of sp³-hybridized carbons (Fsp3) is 0.615. The van der Waals surface area contributed by atoms with Gasteiger partial charge in [-0.3, -0.25) is 10.1 Å². The van der Waals surface area contributed by atoms with Crippen LogP contribution in [0.5, 0.6) is 0 Å². The molecule has 1 N–H and O–H groups in total. The summed E-state index contributed by atoms with van der Waals surface area (Å²) in [6.07, 6.45) is 0. The number of hydrogen-bond acceptors (Lipinski definition) is 4. The summed E-state index contributed by atoms with van der Waals surface area (Å²) in [6, 6.07) is 1.80. The topological polar surface area (TPSA) is 38.3 Å². The Morgan fingerprint density at radius 3 is 2.65 bits per heavy atom. The minimum absolute atomic E-state index is 0.202. The number of ether oxygens (including phenoxy) is 1. The van der Waals surface area contributed by atoms with Crippen LogP contribution >= 0.6 is 11.3 Å². The van der Waals surface area contributed by atoms with Gasteiger partial charge in [0.15, 0.2) is 0 Å². The molecule has 0 bridgehead atoms. The van der Waals surface area contributed by atoms with Crippen LogP contribution in [0.2, 0.25) is 0 Å². The first kappa shape index (κ1) is 14.2. The molecule has 0 amide bonds. The number of hydrogen-bond donors (Lipinski definition) is 1. The molecule has 0 spiro atoms. The van der Waals surface area contributed by atoms with E-state index in [-0.39, 0.29) is 12.0 Å². The van der Waals surface area contributed by atoms with Gasteiger partial charge in [0, 0.05) is 11.4 Å². The Hall–Kier alpha value is -0.870. The molecule has 0 saturated carbocycles. The van der Waals surface area contributed by atoms with Gasteiger partial charge in [-0.1, -0.05) is 0 Å². The van der Waals surface area contributed by atoms with Crippen molar-refractivity contribution in [3.8, 4) is 0 Å². The minimum Gasteiger partial charge on any atom is -0.459 e. The third kappa shape index (κ3) is 4.88. The Morgan fingerprint density at radius 2 is 2.18 bits per heavy atom. The lowest BCUT2D eigenvalue weighted by atomic mass is 10.2. The van der Waals surface area contributed by atoms with Crippen LogP contribution in [0, 0.1) is 6.92 Å². The van der Waals surface area contributed by atoms with Gasteiger partial charge in [0.1, 0.15) is 11.6 Å². The second-order valence-electron chi connectivity index (χ2n) is 5.16. The number of thiophene rings is 1. The average Bonchev–Trinajstić information content (AvgIpc) is 2.57. The van der Waals surface area contributed by atoms with Gasteiger partial charge in [0.2, 0.25) is 0 Å². The van der Waals surface area contributed by atoms with Crippen LogP contribution in [0.25, 0.3) is 0 Å². The zero-order chi connectivity index (χ0) is 13.1. The van der Waals surface area contributed by atoms with Gasteiger partial charge in [-0.05, 0) is 51.6 Å². The Kier molecular flexibility index (Phi) is 4.71. The van der Waals surface area contributed by atoms with Gasteiger partial charge in [0.05, 0.1) is 0 Å². The van der Waals surface area contributed by atoms with Crippen LogP contribution in [-0.2, 0) is 16.1 Å². The monoisotopic (exact) mass is 255 g/mol. The first-order valence-electron chi connectivity index (χ1n) is 5.79. The molecule has 0 saturated heterocycles. The zero-order valence-corrected chi connectivity index (χ0v) is 12.0. The highest BCUT2D eigenvalue weighted by Gasteiger charge is 2.21. The van der Waals surface area contributed by atoms with E-state index in [2.05, 4.69) is 23.7 Å². The van der Waals surface area contributed by atoms with Crippen molar-refractivity contribution in [2.24, 2.45) is 0 Å². The number of carbonyl (C=O) groups excluding carboxylic acids is 1. The molecule has 1 aromatic heterocycles. The predicted molar refractivity (Wildman–Crippen MR) is 71.2 cm³/mol. The number of carbonyl (C=O) groups is 1. The smallest absolute Gasteiger partial charge is 0.323 e. The number of aryl methyl sites for hydroxylation is 1. The van der Waals surface area contributed by atoms with Gasteiger partial charge in [-0.15, -0.1) is 11.3 Å². The molecule has 3 nitrogen and oxygen atoms in total. The summed E-state index contributed by atoms with van der Waals surface area (Å²) in [7, 11) is 0. The largest absolute Gasteiger partial charge is 0.459 e. The predicted octanol–water partition coefficient (Wildman–Crippen LogP) is 2.88. The molecule has 0 aliphatic heterocycles. The van der Waals surface area contributed by atoms with Gasteiger partial charge in [-0.2, -0.15) is 0 Å². The fourth-order valence-electron chi connectivity index (χ4n) is 1.30. The highest BCUT2D eigenvalue weighted by Crippen LogP contribution is 2.15. The third-order valence-electron chi connectivity index (χ3n) is 2.30. The second kappa shape index (κ2) is 5.65. The summed E-state index contributed by atoms with van der Waals surface area (Å²) >= 11 is 1.70. The number of rotatable bonds is 4. The van der Waals surface area contributed by atoms with E-state index in [4.69, 9.17) is 4.74 Å². The van der Waals surface area contributed by atoms with Crippen LogP contribution in [0.1, 0.15) is 38.1 Å². The fourth-order valence-corrected chi connectivity index (χ4v) is 2.16. The summed E-state index contributed by atoms with van der Waals surface area (Å²) in [5.74, 6) is -0.202. The van der Waals surface area contributed by atoms with Gasteiger partial charge < -0.3 is 4.74 Å². The number of nitrogens with one attached hydrogen (secondary N) is 1. The molecule has 0 aliphatic carbocycles. The summed E-state index contributed by atoms with van der Waals surface area (Å²) in [5.41, 5.74) is 0.838. The van der Waals surface area contributed by atoms with Crippen molar-refractivity contribution in [2.45, 2.75) is 52.8 Å². The molecule has 0 aromatic carbocycles. The highest BCUT2D eigenvalue weighted by atomic mass is 32.1. The second-order valence-corrected chi connectivity index (χ2v) is 6.16. The Bertz CT molecular complexity index is 379. The van der Waals surface area contributed by atoms with Crippen molar-refractivity contribution in [1.29, 1.82) is 0 Å². The molecule has 1 atom stereocenters. The number of esters is 1. The molecule has 1 aromatic rings. The molecule has 4 heteroatoms. The van der Waals surface area contributed by atoms with Crippen LogP contribution < -0.4 is 5.32 Å². The first-order valence-corrected chi connectivity index (χ1v) is 6.67. The van der Waals surface area contributed by atoms with Crippen molar-refractivity contribution in [2.75, 3.05) is 0 Å². The highest BCUT2D eigenvalue weighted by molar-refractivity contribution is 7.10. The zero-order valence-electron chi connectivity index (χ0n) is 11.2. The average molecular weight is 255 g/mol. The van der Waals surface area contributed by atoms with Crippen molar-refractivity contribution in [3.05, 3.63) is 21.9 Å². The van der Waals surface area contributed by atoms with E-state index in [9.17, 15) is 4.79 Å². The molecule has 17 heavy (non-hydrogen) atoms. The molecular formula is C13H21NO2S. The van der Waals surface area contributed by atoms with E-state index < -0.39 is 5.60 Å². The Balaban J connectivity index is 2.42. The molecule has 0 fully saturated rings. The van der Waals surface area contributed by atoms with E-state index in [0.29, 0.717) is 6.54 Å².